The summed E-state index contributed by atoms with van der Waals surface area (Å²) in [6.07, 6.45) is 1.39. The molecular formula is C11H18F2N2O2. The summed E-state index contributed by atoms with van der Waals surface area (Å²) in [5.74, 6) is 0.562. The number of aliphatic hydroxyl groups excluding tert-OH is 1. The monoisotopic (exact) mass is 248 g/mol. The Hall–Kier alpha value is -1.01. The zero-order valence-corrected chi connectivity index (χ0v) is 9.85. The average molecular weight is 248 g/mol. The molecule has 0 aliphatic rings. The van der Waals surface area contributed by atoms with Crippen molar-refractivity contribution in [1.29, 1.82) is 0 Å². The first-order valence-electron chi connectivity index (χ1n) is 5.70. The predicted molar refractivity (Wildman–Crippen MR) is 58.9 cm³/mol. The van der Waals surface area contributed by atoms with Gasteiger partial charge in [-0.1, -0.05) is 6.92 Å². The number of aryl methyl sites for hydroxylation is 1. The highest BCUT2D eigenvalue weighted by molar-refractivity contribution is 4.96. The predicted octanol–water partition coefficient (Wildman–Crippen LogP) is 2.00. The second kappa shape index (κ2) is 7.34. The van der Waals surface area contributed by atoms with Crippen molar-refractivity contribution in [1.82, 2.24) is 9.55 Å². The second-order valence-electron chi connectivity index (χ2n) is 3.75. The van der Waals surface area contributed by atoms with Crippen LogP contribution in [0.1, 0.15) is 31.7 Å². The van der Waals surface area contributed by atoms with Crippen molar-refractivity contribution in [3.63, 3.8) is 0 Å². The number of halogens is 2. The van der Waals surface area contributed by atoms with Crippen molar-refractivity contribution in [2.75, 3.05) is 13.2 Å². The molecule has 0 amide bonds. The molecule has 0 saturated heterocycles. The fourth-order valence-electron chi connectivity index (χ4n) is 1.54. The highest BCUT2D eigenvalue weighted by Crippen LogP contribution is 2.15. The van der Waals surface area contributed by atoms with Crippen LogP contribution < -0.4 is 0 Å². The van der Waals surface area contributed by atoms with E-state index in [0.29, 0.717) is 5.82 Å². The van der Waals surface area contributed by atoms with E-state index >= 15 is 0 Å². The molecule has 0 aliphatic heterocycles. The number of hydrogen-bond donors (Lipinski definition) is 1. The molecule has 0 aliphatic carbocycles. The van der Waals surface area contributed by atoms with Gasteiger partial charge in [-0.15, -0.1) is 0 Å². The van der Waals surface area contributed by atoms with E-state index in [4.69, 9.17) is 4.74 Å². The van der Waals surface area contributed by atoms with Crippen LogP contribution in [-0.4, -0.2) is 34.3 Å². The molecule has 1 heterocycles. The largest absolute Gasteiger partial charge is 0.385 e. The Bertz CT molecular complexity index is 318. The van der Waals surface area contributed by atoms with Gasteiger partial charge in [0.15, 0.2) is 0 Å². The molecule has 0 spiro atoms. The summed E-state index contributed by atoms with van der Waals surface area (Å²) in [5, 5.41) is 9.83. The summed E-state index contributed by atoms with van der Waals surface area (Å²) >= 11 is 0. The van der Waals surface area contributed by atoms with Gasteiger partial charge < -0.3 is 14.4 Å². The minimum atomic E-state index is -2.46. The average Bonchev–Trinajstić information content (AvgIpc) is 2.72. The fourth-order valence-corrected chi connectivity index (χ4v) is 1.54. The summed E-state index contributed by atoms with van der Waals surface area (Å²) in [6.45, 7) is 2.33. The quantitative estimate of drug-likeness (QED) is 0.716. The zero-order chi connectivity index (χ0) is 12.7. The lowest BCUT2D eigenvalue weighted by Crippen LogP contribution is -2.12. The fraction of sp³-hybridized carbons (Fsp3) is 0.727. The van der Waals surface area contributed by atoms with Crippen LogP contribution >= 0.6 is 0 Å². The third-order valence-corrected chi connectivity index (χ3v) is 2.29. The molecule has 98 valence electrons. The van der Waals surface area contributed by atoms with E-state index in [0.717, 1.165) is 13.0 Å². The van der Waals surface area contributed by atoms with E-state index in [1.165, 1.54) is 0 Å². The van der Waals surface area contributed by atoms with E-state index < -0.39 is 19.1 Å². The van der Waals surface area contributed by atoms with Gasteiger partial charge in [-0.05, 0) is 6.42 Å². The molecule has 6 heteroatoms. The molecule has 0 aromatic carbocycles. The number of imidazole rings is 1. The van der Waals surface area contributed by atoms with Crippen molar-refractivity contribution in [2.45, 2.75) is 38.8 Å². The Morgan fingerprint density at radius 3 is 2.94 bits per heavy atom. The second-order valence-corrected chi connectivity index (χ2v) is 3.75. The standard InChI is InChI=1S/C11H18F2N2O2/c1-2-5-15-6-4-14-11(15)9(16)3-7-17-8-10(12)13/h4,6,9-10,16H,2-3,5,7-8H2,1H3. The normalized spacial score (nSPS) is 13.2. The first-order valence-corrected chi connectivity index (χ1v) is 5.70. The molecule has 0 saturated carbocycles. The highest BCUT2D eigenvalue weighted by atomic mass is 19.3. The maximum absolute atomic E-state index is 11.8. The summed E-state index contributed by atoms with van der Waals surface area (Å²) < 4.78 is 30.2. The molecular weight excluding hydrogens is 230 g/mol. The summed E-state index contributed by atoms with van der Waals surface area (Å²) in [5.41, 5.74) is 0. The van der Waals surface area contributed by atoms with Crippen LogP contribution in [0.2, 0.25) is 0 Å². The minimum absolute atomic E-state index is 0.102. The number of rotatable bonds is 8. The Labute approximate surface area is 99.2 Å². The van der Waals surface area contributed by atoms with E-state index in [1.54, 1.807) is 12.4 Å². The lowest BCUT2D eigenvalue weighted by Gasteiger charge is -2.12. The molecule has 0 bridgehead atoms. The summed E-state index contributed by atoms with van der Waals surface area (Å²) in [4.78, 5) is 4.06. The van der Waals surface area contributed by atoms with Crippen LogP contribution in [-0.2, 0) is 11.3 Å². The van der Waals surface area contributed by atoms with Crippen molar-refractivity contribution in [3.05, 3.63) is 18.2 Å². The number of alkyl halides is 2. The molecule has 1 aromatic heterocycles. The molecule has 1 N–H and O–H groups in total. The van der Waals surface area contributed by atoms with Gasteiger partial charge in [-0.2, -0.15) is 0 Å². The van der Waals surface area contributed by atoms with Gasteiger partial charge in [0.25, 0.3) is 6.43 Å². The van der Waals surface area contributed by atoms with E-state index in [9.17, 15) is 13.9 Å². The number of aliphatic hydroxyl groups is 1. The molecule has 17 heavy (non-hydrogen) atoms. The molecule has 1 aromatic rings. The summed E-state index contributed by atoms with van der Waals surface area (Å²) in [7, 11) is 0. The van der Waals surface area contributed by atoms with Gasteiger partial charge in [0.05, 0.1) is 0 Å². The van der Waals surface area contributed by atoms with Crippen molar-refractivity contribution in [3.8, 4) is 0 Å². The van der Waals surface area contributed by atoms with Crippen LogP contribution in [0.25, 0.3) is 0 Å². The van der Waals surface area contributed by atoms with Gasteiger partial charge in [0.2, 0.25) is 0 Å². The number of ether oxygens (including phenoxy) is 1. The van der Waals surface area contributed by atoms with Gasteiger partial charge in [-0.25, -0.2) is 13.8 Å². The van der Waals surface area contributed by atoms with Crippen LogP contribution in [0, 0.1) is 0 Å². The van der Waals surface area contributed by atoms with Crippen LogP contribution in [0.4, 0.5) is 8.78 Å². The lowest BCUT2D eigenvalue weighted by molar-refractivity contribution is 0.00358. The molecule has 1 rings (SSSR count). The SMILES string of the molecule is CCCn1ccnc1C(O)CCOCC(F)F. The molecule has 0 radical (unpaired) electrons. The van der Waals surface area contributed by atoms with Crippen LogP contribution in [0.5, 0.6) is 0 Å². The Morgan fingerprint density at radius 1 is 1.53 bits per heavy atom. The topological polar surface area (TPSA) is 47.3 Å². The van der Waals surface area contributed by atoms with Crippen molar-refractivity contribution >= 4 is 0 Å². The first-order chi connectivity index (χ1) is 8.15. The van der Waals surface area contributed by atoms with Crippen LogP contribution in [0.15, 0.2) is 12.4 Å². The molecule has 1 atom stereocenters. The minimum Gasteiger partial charge on any atom is -0.385 e. The lowest BCUT2D eigenvalue weighted by atomic mass is 10.2. The number of aromatic nitrogens is 2. The zero-order valence-electron chi connectivity index (χ0n) is 9.85. The molecule has 4 nitrogen and oxygen atoms in total. The smallest absolute Gasteiger partial charge is 0.261 e. The van der Waals surface area contributed by atoms with Gasteiger partial charge in [-0.3, -0.25) is 0 Å². The third-order valence-electron chi connectivity index (χ3n) is 2.29. The molecule has 0 fully saturated rings. The van der Waals surface area contributed by atoms with Gasteiger partial charge in [0, 0.05) is 32.0 Å². The van der Waals surface area contributed by atoms with Crippen LogP contribution in [0.3, 0.4) is 0 Å². The van der Waals surface area contributed by atoms with Crippen molar-refractivity contribution < 1.29 is 18.6 Å². The van der Waals surface area contributed by atoms with E-state index in [2.05, 4.69) is 4.98 Å². The third kappa shape index (κ3) is 4.79. The maximum Gasteiger partial charge on any atom is 0.261 e. The number of nitrogens with zero attached hydrogens (tertiary/aromatic N) is 2. The Morgan fingerprint density at radius 2 is 2.29 bits per heavy atom. The van der Waals surface area contributed by atoms with E-state index in [1.807, 2.05) is 11.5 Å². The van der Waals surface area contributed by atoms with E-state index in [-0.39, 0.29) is 13.0 Å². The Kier molecular flexibility index (Phi) is 6.07. The number of hydrogen-bond acceptors (Lipinski definition) is 3. The highest BCUT2D eigenvalue weighted by Gasteiger charge is 2.13. The maximum atomic E-state index is 11.8. The van der Waals surface area contributed by atoms with Crippen molar-refractivity contribution in [2.24, 2.45) is 0 Å². The molecule has 1 unspecified atom stereocenters. The first kappa shape index (κ1) is 14.1. The summed E-state index contributed by atoms with van der Waals surface area (Å²) in [6, 6.07) is 0. The Balaban J connectivity index is 2.35. The van der Waals surface area contributed by atoms with Gasteiger partial charge >= 0.3 is 0 Å². The van der Waals surface area contributed by atoms with Gasteiger partial charge in [0.1, 0.15) is 18.5 Å².